The van der Waals surface area contributed by atoms with Gasteiger partial charge in [0.1, 0.15) is 11.1 Å². The van der Waals surface area contributed by atoms with E-state index in [-0.39, 0.29) is 18.6 Å². The fraction of sp³-hybridized carbons (Fsp3) is 0.278. The maximum absolute atomic E-state index is 12.0. The van der Waals surface area contributed by atoms with Crippen molar-refractivity contribution < 1.29 is 19.5 Å². The third-order valence-electron chi connectivity index (χ3n) is 4.06. The fourth-order valence-electron chi connectivity index (χ4n) is 2.37. The Labute approximate surface area is 160 Å². The number of imide groups is 2. The topological polar surface area (TPSA) is 122 Å². The molecule has 1 aromatic rings. The summed E-state index contributed by atoms with van der Waals surface area (Å²) in [6, 6.07) is -0.716. The first-order valence-corrected chi connectivity index (χ1v) is 7.73. The van der Waals surface area contributed by atoms with Crippen molar-refractivity contribution in [3.63, 3.8) is 0 Å². The molecule has 0 aliphatic carbocycles. The number of amides is 4. The van der Waals surface area contributed by atoms with Gasteiger partial charge in [0, 0.05) is 28.2 Å². The third kappa shape index (κ3) is 3.70. The highest BCUT2D eigenvalue weighted by Gasteiger charge is 2.37. The van der Waals surface area contributed by atoms with E-state index in [0.29, 0.717) is 0 Å². The second-order valence-corrected chi connectivity index (χ2v) is 5.78. The highest BCUT2D eigenvalue weighted by molar-refractivity contribution is 6.28. The number of hydrogen-bond donors (Lipinski definition) is 1. The van der Waals surface area contributed by atoms with Crippen LogP contribution in [0.5, 0.6) is 5.88 Å². The monoisotopic (exact) mass is 390 g/mol. The number of urea groups is 1. The Balaban J connectivity index is 0.00000392. The van der Waals surface area contributed by atoms with Crippen LogP contribution in [0.1, 0.15) is 13.0 Å². The molecule has 0 unspecified atom stereocenters. The molecule has 1 fully saturated rings. The summed E-state index contributed by atoms with van der Waals surface area (Å²) in [4.78, 5) is 61.0. The van der Waals surface area contributed by atoms with E-state index in [0.717, 1.165) is 18.9 Å². The smallest absolute Gasteiger partial charge is 0.333 e. The van der Waals surface area contributed by atoms with Crippen molar-refractivity contribution in [2.24, 2.45) is 14.1 Å². The molecule has 0 aromatic carbocycles. The van der Waals surface area contributed by atoms with Crippen LogP contribution in [0.4, 0.5) is 4.79 Å². The lowest BCUT2D eigenvalue weighted by atomic mass is 10.1. The van der Waals surface area contributed by atoms with E-state index in [1.54, 1.807) is 0 Å². The third-order valence-corrected chi connectivity index (χ3v) is 4.06. The van der Waals surface area contributed by atoms with E-state index in [4.69, 9.17) is 0 Å². The average molecular weight is 390 g/mol. The number of barbiturate groups is 1. The molecule has 0 saturated carbocycles. The quantitative estimate of drug-likeness (QED) is 0.439. The average Bonchev–Trinajstić information content (AvgIpc) is 2.66. The van der Waals surface area contributed by atoms with Crippen LogP contribution in [0, 0.1) is 0 Å². The van der Waals surface area contributed by atoms with Gasteiger partial charge in [-0.2, -0.15) is 0 Å². The van der Waals surface area contributed by atoms with Crippen LogP contribution >= 0.6 is 0 Å². The summed E-state index contributed by atoms with van der Waals surface area (Å²) < 4.78 is 1.78. The minimum Gasteiger partial charge on any atom is -0.494 e. The molecule has 0 bridgehead atoms. The summed E-state index contributed by atoms with van der Waals surface area (Å²) in [6.07, 6.45) is 6.73. The summed E-state index contributed by atoms with van der Waals surface area (Å²) in [6.45, 7) is 0. The Morgan fingerprint density at radius 1 is 0.786 bits per heavy atom. The Morgan fingerprint density at radius 2 is 1.32 bits per heavy atom. The molecule has 10 nitrogen and oxygen atoms in total. The summed E-state index contributed by atoms with van der Waals surface area (Å²) in [5.74, 6) is -1.92. The van der Waals surface area contributed by atoms with Gasteiger partial charge >= 0.3 is 11.7 Å². The Hall–Kier alpha value is -3.69. The molecule has 1 aliphatic heterocycles. The standard InChI is InChI=1S/C17H18N4O6.CH4/c1-18-12(22)10(13(23)19(2)16(18)26)8-6-5-7-9-11-14(24)20(3)17(27)21(4)15(11)25;/h5-9,22H,1-4H3;1H4. The van der Waals surface area contributed by atoms with Gasteiger partial charge < -0.3 is 5.11 Å². The maximum atomic E-state index is 12.0. The number of allylic oxidation sites excluding steroid dienone is 4. The Morgan fingerprint density at radius 3 is 1.86 bits per heavy atom. The first-order chi connectivity index (χ1) is 12.6. The highest BCUT2D eigenvalue weighted by atomic mass is 16.3. The zero-order valence-corrected chi connectivity index (χ0v) is 15.2. The lowest BCUT2D eigenvalue weighted by Gasteiger charge is -2.28. The minimum absolute atomic E-state index is 0. The van der Waals surface area contributed by atoms with E-state index in [1.807, 2.05) is 0 Å². The van der Waals surface area contributed by atoms with Crippen LogP contribution < -0.4 is 11.2 Å². The van der Waals surface area contributed by atoms with E-state index < -0.39 is 35.0 Å². The summed E-state index contributed by atoms with van der Waals surface area (Å²) in [5, 5.41) is 9.93. The number of aromatic hydroxyl groups is 1. The summed E-state index contributed by atoms with van der Waals surface area (Å²) in [7, 11) is 5.15. The van der Waals surface area contributed by atoms with Gasteiger partial charge in [-0.3, -0.25) is 33.3 Å². The molecule has 1 aromatic heterocycles. The normalized spacial score (nSPS) is 15.0. The first kappa shape index (κ1) is 22.4. The van der Waals surface area contributed by atoms with Gasteiger partial charge in [0.2, 0.25) is 5.88 Å². The van der Waals surface area contributed by atoms with Gasteiger partial charge in [-0.15, -0.1) is 0 Å². The second kappa shape index (κ2) is 8.33. The molecule has 1 N–H and O–H groups in total. The summed E-state index contributed by atoms with van der Waals surface area (Å²) >= 11 is 0. The predicted molar refractivity (Wildman–Crippen MR) is 103 cm³/mol. The van der Waals surface area contributed by atoms with Gasteiger partial charge in [0.15, 0.2) is 0 Å². The minimum atomic E-state index is -0.721. The van der Waals surface area contributed by atoms with Gasteiger partial charge in [-0.05, 0) is 12.2 Å². The van der Waals surface area contributed by atoms with Gasteiger partial charge in [-0.25, -0.2) is 9.59 Å². The van der Waals surface area contributed by atoms with Crippen LogP contribution in [0.2, 0.25) is 0 Å². The molecular formula is C18H22N4O6. The van der Waals surface area contributed by atoms with E-state index in [2.05, 4.69) is 0 Å². The van der Waals surface area contributed by atoms with Crippen molar-refractivity contribution in [2.75, 3.05) is 14.1 Å². The van der Waals surface area contributed by atoms with Crippen molar-refractivity contribution >= 4 is 23.9 Å². The first-order valence-electron chi connectivity index (χ1n) is 7.73. The van der Waals surface area contributed by atoms with Crippen LogP contribution in [0.3, 0.4) is 0 Å². The van der Waals surface area contributed by atoms with Gasteiger partial charge in [0.25, 0.3) is 17.4 Å². The Bertz CT molecular complexity index is 1020. The zero-order chi connectivity index (χ0) is 20.5. The van der Waals surface area contributed by atoms with Crippen LogP contribution in [-0.2, 0) is 23.7 Å². The second-order valence-electron chi connectivity index (χ2n) is 5.78. The van der Waals surface area contributed by atoms with E-state index in [9.17, 15) is 29.1 Å². The number of carbonyl (C=O) groups is 3. The number of rotatable bonds is 3. The molecule has 0 atom stereocenters. The highest BCUT2D eigenvalue weighted by Crippen LogP contribution is 2.14. The molecule has 1 saturated heterocycles. The van der Waals surface area contributed by atoms with Crippen LogP contribution in [0.25, 0.3) is 6.08 Å². The molecule has 150 valence electrons. The van der Waals surface area contributed by atoms with E-state index in [1.165, 1.54) is 58.6 Å². The SMILES string of the molecule is C.CN1C(=O)C(=CC=CC=Cc2c(O)n(C)c(=O)n(C)c2=O)C(=O)N(C)C1=O. The van der Waals surface area contributed by atoms with Gasteiger partial charge in [0.05, 0.1) is 0 Å². The van der Waals surface area contributed by atoms with E-state index >= 15 is 0 Å². The largest absolute Gasteiger partial charge is 0.494 e. The van der Waals surface area contributed by atoms with Gasteiger partial charge in [-0.1, -0.05) is 25.7 Å². The van der Waals surface area contributed by atoms with Crippen molar-refractivity contribution in [1.29, 1.82) is 0 Å². The molecule has 2 rings (SSSR count). The molecule has 4 amide bonds. The molecule has 2 heterocycles. The maximum Gasteiger partial charge on any atom is 0.333 e. The van der Waals surface area contributed by atoms with Crippen molar-refractivity contribution in [2.45, 2.75) is 7.43 Å². The lowest BCUT2D eigenvalue weighted by molar-refractivity contribution is -0.134. The number of aromatic nitrogens is 2. The predicted octanol–water partition coefficient (Wildman–Crippen LogP) is -0.0281. The fourth-order valence-corrected chi connectivity index (χ4v) is 2.37. The number of likely N-dealkylation sites (N-methyl/N-ethyl adjacent to an activating group) is 2. The van der Waals surface area contributed by atoms with Crippen molar-refractivity contribution in [3.05, 3.63) is 56.3 Å². The van der Waals surface area contributed by atoms with Crippen LogP contribution in [0.15, 0.2) is 39.5 Å². The number of hydrogen-bond acceptors (Lipinski definition) is 6. The lowest BCUT2D eigenvalue weighted by Crippen LogP contribution is -2.52. The molecule has 28 heavy (non-hydrogen) atoms. The molecule has 0 spiro atoms. The van der Waals surface area contributed by atoms with Crippen molar-refractivity contribution in [3.8, 4) is 5.88 Å². The summed E-state index contributed by atoms with van der Waals surface area (Å²) in [5.41, 5.74) is -1.61. The molecule has 1 aliphatic rings. The number of nitrogens with zero attached hydrogens (tertiary/aromatic N) is 4. The van der Waals surface area contributed by atoms with Crippen molar-refractivity contribution in [1.82, 2.24) is 18.9 Å². The molecule has 0 radical (unpaired) electrons. The molecule has 10 heteroatoms. The number of carbonyl (C=O) groups excluding carboxylic acids is 3. The van der Waals surface area contributed by atoms with Crippen LogP contribution in [-0.4, -0.2) is 56.0 Å². The zero-order valence-electron chi connectivity index (χ0n) is 15.2. The molecular weight excluding hydrogens is 368 g/mol. The Kier molecular flexibility index (Phi) is 6.65.